The van der Waals surface area contributed by atoms with Crippen molar-refractivity contribution in [2.24, 2.45) is 11.8 Å². The fraction of sp³-hybridized carbons (Fsp3) is 0.500. The number of hydrogen-bond donors (Lipinski definition) is 1. The average molecular weight is 275 g/mol. The Hall–Kier alpha value is -1.84. The molecule has 0 aromatic heterocycles. The molecule has 1 saturated heterocycles. The van der Waals surface area contributed by atoms with E-state index in [2.05, 4.69) is 13.8 Å². The molecular formula is C16H21NO3. The average Bonchev–Trinajstić information content (AvgIpc) is 2.37. The van der Waals surface area contributed by atoms with Crippen LogP contribution in [0.2, 0.25) is 0 Å². The topological polar surface area (TPSA) is 57.6 Å². The van der Waals surface area contributed by atoms with Gasteiger partial charge in [0.1, 0.15) is 0 Å². The second-order valence-electron chi connectivity index (χ2n) is 5.93. The summed E-state index contributed by atoms with van der Waals surface area (Å²) in [6.07, 6.45) is 1.44. The van der Waals surface area contributed by atoms with E-state index in [9.17, 15) is 9.59 Å². The number of benzene rings is 1. The van der Waals surface area contributed by atoms with Gasteiger partial charge in [0.2, 0.25) is 5.91 Å². The van der Waals surface area contributed by atoms with Gasteiger partial charge in [-0.2, -0.15) is 0 Å². The van der Waals surface area contributed by atoms with Crippen molar-refractivity contribution in [2.75, 3.05) is 13.1 Å². The summed E-state index contributed by atoms with van der Waals surface area (Å²) in [5.74, 6) is 0.201. The largest absolute Gasteiger partial charge is 0.478 e. The molecule has 4 heteroatoms. The van der Waals surface area contributed by atoms with Crippen LogP contribution in [0.3, 0.4) is 0 Å². The number of carbonyl (C=O) groups is 2. The van der Waals surface area contributed by atoms with Crippen LogP contribution >= 0.6 is 0 Å². The van der Waals surface area contributed by atoms with Crippen molar-refractivity contribution in [3.63, 3.8) is 0 Å². The number of hydrogen-bond acceptors (Lipinski definition) is 2. The molecule has 1 aromatic carbocycles. The van der Waals surface area contributed by atoms with Gasteiger partial charge in [0, 0.05) is 13.1 Å². The van der Waals surface area contributed by atoms with Crippen LogP contribution < -0.4 is 0 Å². The number of carboxylic acid groups (broad SMARTS) is 1. The molecular weight excluding hydrogens is 254 g/mol. The molecule has 0 radical (unpaired) electrons. The van der Waals surface area contributed by atoms with E-state index < -0.39 is 5.97 Å². The van der Waals surface area contributed by atoms with Crippen LogP contribution in [0.15, 0.2) is 24.3 Å². The molecule has 0 aliphatic carbocycles. The van der Waals surface area contributed by atoms with Gasteiger partial charge in [-0.15, -0.1) is 0 Å². The summed E-state index contributed by atoms with van der Waals surface area (Å²) in [6.45, 7) is 5.95. The second kappa shape index (κ2) is 6.07. The monoisotopic (exact) mass is 275 g/mol. The summed E-state index contributed by atoms with van der Waals surface area (Å²) in [4.78, 5) is 25.2. The van der Waals surface area contributed by atoms with Gasteiger partial charge in [0.05, 0.1) is 12.0 Å². The minimum atomic E-state index is -0.959. The van der Waals surface area contributed by atoms with Crippen LogP contribution in [-0.2, 0) is 11.2 Å². The van der Waals surface area contributed by atoms with Crippen molar-refractivity contribution in [2.45, 2.75) is 26.7 Å². The number of aromatic carboxylic acids is 1. The van der Waals surface area contributed by atoms with Gasteiger partial charge in [-0.3, -0.25) is 4.79 Å². The summed E-state index contributed by atoms with van der Waals surface area (Å²) in [6, 6.07) is 6.62. The van der Waals surface area contributed by atoms with Gasteiger partial charge < -0.3 is 10.0 Å². The van der Waals surface area contributed by atoms with E-state index in [-0.39, 0.29) is 17.9 Å². The molecule has 1 aromatic rings. The lowest BCUT2D eigenvalue weighted by Crippen LogP contribution is -2.43. The number of carbonyl (C=O) groups excluding carboxylic acids is 1. The third-order valence-electron chi connectivity index (χ3n) is 3.75. The lowest BCUT2D eigenvalue weighted by molar-refractivity contribution is -0.133. The lowest BCUT2D eigenvalue weighted by atomic mass is 9.91. The standard InChI is InChI=1S/C16H21NO3/c1-11-6-12(2)10-17(9-11)15(18)8-13-4-3-5-14(7-13)16(19)20/h3-5,7,11-12H,6,8-10H2,1-2H3,(H,19,20). The molecule has 1 amide bonds. The number of nitrogens with zero attached hydrogens (tertiary/aromatic N) is 1. The van der Waals surface area contributed by atoms with E-state index in [4.69, 9.17) is 5.11 Å². The maximum absolute atomic E-state index is 12.3. The molecule has 1 heterocycles. The summed E-state index contributed by atoms with van der Waals surface area (Å²) < 4.78 is 0. The summed E-state index contributed by atoms with van der Waals surface area (Å²) >= 11 is 0. The number of carboxylic acids is 1. The second-order valence-corrected chi connectivity index (χ2v) is 5.93. The van der Waals surface area contributed by atoms with Gasteiger partial charge in [0.15, 0.2) is 0 Å². The van der Waals surface area contributed by atoms with Gasteiger partial charge in [0.25, 0.3) is 0 Å². The first-order chi connectivity index (χ1) is 9.45. The van der Waals surface area contributed by atoms with Crippen LogP contribution in [-0.4, -0.2) is 35.0 Å². The predicted octanol–water partition coefficient (Wildman–Crippen LogP) is 2.43. The van der Waals surface area contributed by atoms with Crippen molar-refractivity contribution in [3.8, 4) is 0 Å². The van der Waals surface area contributed by atoms with Crippen molar-refractivity contribution in [1.82, 2.24) is 4.90 Å². The Morgan fingerprint density at radius 2 is 1.90 bits per heavy atom. The highest BCUT2D eigenvalue weighted by Gasteiger charge is 2.25. The predicted molar refractivity (Wildman–Crippen MR) is 76.6 cm³/mol. The molecule has 4 nitrogen and oxygen atoms in total. The third kappa shape index (κ3) is 3.59. The normalized spacial score (nSPS) is 22.6. The summed E-state index contributed by atoms with van der Waals surface area (Å²) in [5.41, 5.74) is 0.997. The van der Waals surface area contributed by atoms with Crippen LogP contribution in [0, 0.1) is 11.8 Å². The van der Waals surface area contributed by atoms with E-state index >= 15 is 0 Å². The molecule has 108 valence electrons. The van der Waals surface area contributed by atoms with Gasteiger partial charge in [-0.1, -0.05) is 26.0 Å². The van der Waals surface area contributed by atoms with Crippen molar-refractivity contribution in [3.05, 3.63) is 35.4 Å². The zero-order chi connectivity index (χ0) is 14.7. The van der Waals surface area contributed by atoms with Crippen molar-refractivity contribution in [1.29, 1.82) is 0 Å². The molecule has 20 heavy (non-hydrogen) atoms. The third-order valence-corrected chi connectivity index (χ3v) is 3.75. The van der Waals surface area contributed by atoms with Crippen molar-refractivity contribution < 1.29 is 14.7 Å². The number of amides is 1. The highest BCUT2D eigenvalue weighted by molar-refractivity contribution is 5.88. The van der Waals surface area contributed by atoms with Crippen LogP contribution in [0.4, 0.5) is 0 Å². The Labute approximate surface area is 119 Å². The highest BCUT2D eigenvalue weighted by Crippen LogP contribution is 2.21. The first-order valence-electron chi connectivity index (χ1n) is 7.05. The smallest absolute Gasteiger partial charge is 0.335 e. The number of rotatable bonds is 3. The van der Waals surface area contributed by atoms with E-state index in [1.54, 1.807) is 24.3 Å². The van der Waals surface area contributed by atoms with E-state index in [0.717, 1.165) is 25.1 Å². The van der Waals surface area contributed by atoms with Crippen LogP contribution in [0.1, 0.15) is 36.2 Å². The molecule has 1 aliphatic rings. The first-order valence-corrected chi connectivity index (χ1v) is 7.05. The molecule has 0 bridgehead atoms. The quantitative estimate of drug-likeness (QED) is 0.921. The Bertz CT molecular complexity index is 502. The SMILES string of the molecule is CC1CC(C)CN(C(=O)Cc2cccc(C(=O)O)c2)C1. The van der Waals surface area contributed by atoms with Gasteiger partial charge in [-0.25, -0.2) is 4.79 Å². The molecule has 1 N–H and O–H groups in total. The van der Waals surface area contributed by atoms with Gasteiger partial charge >= 0.3 is 5.97 Å². The molecule has 2 unspecified atom stereocenters. The molecule has 0 saturated carbocycles. The molecule has 1 aliphatic heterocycles. The zero-order valence-electron chi connectivity index (χ0n) is 12.0. The lowest BCUT2D eigenvalue weighted by Gasteiger charge is -2.35. The van der Waals surface area contributed by atoms with E-state index in [1.807, 2.05) is 4.90 Å². The Balaban J connectivity index is 2.04. The Morgan fingerprint density at radius 3 is 2.50 bits per heavy atom. The van der Waals surface area contributed by atoms with Gasteiger partial charge in [-0.05, 0) is 36.0 Å². The van der Waals surface area contributed by atoms with Crippen molar-refractivity contribution >= 4 is 11.9 Å². The van der Waals surface area contributed by atoms with Crippen LogP contribution in [0.25, 0.3) is 0 Å². The summed E-state index contributed by atoms with van der Waals surface area (Å²) in [5, 5.41) is 8.97. The Morgan fingerprint density at radius 1 is 1.25 bits per heavy atom. The van der Waals surface area contributed by atoms with E-state index in [0.29, 0.717) is 11.8 Å². The molecule has 1 fully saturated rings. The highest BCUT2D eigenvalue weighted by atomic mass is 16.4. The minimum Gasteiger partial charge on any atom is -0.478 e. The fourth-order valence-electron chi connectivity index (χ4n) is 2.97. The zero-order valence-corrected chi connectivity index (χ0v) is 12.0. The first kappa shape index (κ1) is 14.6. The molecule has 0 spiro atoms. The maximum atomic E-state index is 12.3. The Kier molecular flexibility index (Phi) is 4.42. The summed E-state index contributed by atoms with van der Waals surface area (Å²) in [7, 11) is 0. The van der Waals surface area contributed by atoms with E-state index in [1.165, 1.54) is 0 Å². The number of piperidine rings is 1. The van der Waals surface area contributed by atoms with Crippen LogP contribution in [0.5, 0.6) is 0 Å². The molecule has 2 atom stereocenters. The number of likely N-dealkylation sites (tertiary alicyclic amines) is 1. The minimum absolute atomic E-state index is 0.0888. The maximum Gasteiger partial charge on any atom is 0.335 e. The molecule has 2 rings (SSSR count). The fourth-order valence-corrected chi connectivity index (χ4v) is 2.97.